The molecule has 1 aliphatic rings. The smallest absolute Gasteiger partial charge is 0.343 e. The van der Waals surface area contributed by atoms with Gasteiger partial charge in [-0.25, -0.2) is 4.79 Å². The van der Waals surface area contributed by atoms with Gasteiger partial charge in [0.05, 0.1) is 12.5 Å². The Balaban J connectivity index is 2.28. The van der Waals surface area contributed by atoms with Crippen molar-refractivity contribution in [2.75, 3.05) is 19.7 Å². The molecule has 0 radical (unpaired) electrons. The molecule has 2 unspecified atom stereocenters. The number of ether oxygens (including phenoxy) is 1. The number of carbonyl (C=O) groups is 2. The third kappa shape index (κ3) is 5.57. The van der Waals surface area contributed by atoms with Crippen molar-refractivity contribution in [1.82, 2.24) is 4.90 Å². The Bertz CT molecular complexity index is 737. The van der Waals surface area contributed by atoms with Gasteiger partial charge in [0.1, 0.15) is 0 Å². The standard InChI is InChI=1S/C24H33NO4/c1-4-7-8-12-17-29-23(27)24(28)18-20(25(5-2)6-3)15-16-21(24)22(26)19-13-10-9-11-14-19/h9-11,13-16,18,21,28H,4-8,12,17H2,1-3H3. The molecule has 1 N–H and O–H groups in total. The van der Waals surface area contributed by atoms with E-state index in [1.54, 1.807) is 30.3 Å². The van der Waals surface area contributed by atoms with E-state index in [2.05, 4.69) is 6.92 Å². The van der Waals surface area contributed by atoms with E-state index >= 15 is 0 Å². The van der Waals surface area contributed by atoms with Crippen LogP contribution in [0.1, 0.15) is 56.8 Å². The van der Waals surface area contributed by atoms with Crippen LogP contribution in [-0.4, -0.2) is 47.1 Å². The van der Waals surface area contributed by atoms with E-state index in [9.17, 15) is 14.7 Å². The first-order valence-electron chi connectivity index (χ1n) is 10.6. The molecule has 0 heterocycles. The maximum atomic E-state index is 13.1. The molecule has 1 aromatic rings. The van der Waals surface area contributed by atoms with Crippen molar-refractivity contribution in [3.8, 4) is 0 Å². The van der Waals surface area contributed by atoms with Gasteiger partial charge in [-0.15, -0.1) is 0 Å². The van der Waals surface area contributed by atoms with Gasteiger partial charge in [0.2, 0.25) is 0 Å². The third-order valence-electron chi connectivity index (χ3n) is 5.33. The summed E-state index contributed by atoms with van der Waals surface area (Å²) < 4.78 is 5.40. The molecule has 0 amide bonds. The van der Waals surface area contributed by atoms with Gasteiger partial charge < -0.3 is 14.7 Å². The van der Waals surface area contributed by atoms with Crippen molar-refractivity contribution in [3.05, 3.63) is 59.8 Å². The van der Waals surface area contributed by atoms with Gasteiger partial charge in [-0.3, -0.25) is 4.79 Å². The molecule has 0 fully saturated rings. The molecular weight excluding hydrogens is 366 g/mol. The highest BCUT2D eigenvalue weighted by atomic mass is 16.5. The molecular formula is C24H33NO4. The molecule has 0 aliphatic heterocycles. The number of rotatable bonds is 11. The quantitative estimate of drug-likeness (QED) is 0.344. The van der Waals surface area contributed by atoms with Crippen LogP contribution in [0.5, 0.6) is 0 Å². The molecule has 5 heteroatoms. The lowest BCUT2D eigenvalue weighted by molar-refractivity contribution is -0.163. The Hall–Kier alpha value is -2.40. The number of unbranched alkanes of at least 4 members (excludes halogenated alkanes) is 3. The highest BCUT2D eigenvalue weighted by molar-refractivity contribution is 6.04. The Labute approximate surface area is 174 Å². The van der Waals surface area contributed by atoms with Gasteiger partial charge >= 0.3 is 5.97 Å². The number of hydrogen-bond donors (Lipinski definition) is 1. The molecule has 158 valence electrons. The molecule has 0 saturated heterocycles. The van der Waals surface area contributed by atoms with Crippen LogP contribution >= 0.6 is 0 Å². The topological polar surface area (TPSA) is 66.8 Å². The molecule has 5 nitrogen and oxygen atoms in total. The number of esters is 1. The summed E-state index contributed by atoms with van der Waals surface area (Å²) >= 11 is 0. The van der Waals surface area contributed by atoms with Gasteiger partial charge in [0, 0.05) is 24.4 Å². The number of likely N-dealkylation sites (N-methyl/N-ethyl adjacent to an activating group) is 1. The van der Waals surface area contributed by atoms with Gasteiger partial charge in [-0.2, -0.15) is 0 Å². The van der Waals surface area contributed by atoms with Crippen LogP contribution in [0.2, 0.25) is 0 Å². The minimum atomic E-state index is -2.02. The monoisotopic (exact) mass is 399 g/mol. The third-order valence-corrected chi connectivity index (χ3v) is 5.33. The molecule has 0 saturated carbocycles. The van der Waals surface area contributed by atoms with Crippen LogP contribution in [0.25, 0.3) is 0 Å². The normalized spacial score (nSPS) is 20.8. The first-order chi connectivity index (χ1) is 14.0. The SMILES string of the molecule is CCCCCCOC(=O)C1(O)C=C(N(CC)CC)C=CC1C(=O)c1ccccc1. The van der Waals surface area contributed by atoms with Crippen molar-refractivity contribution in [2.45, 2.75) is 52.1 Å². The summed E-state index contributed by atoms with van der Waals surface area (Å²) in [4.78, 5) is 28.0. The Morgan fingerprint density at radius 1 is 1.07 bits per heavy atom. The molecule has 0 aromatic heterocycles. The number of benzene rings is 1. The summed E-state index contributed by atoms with van der Waals surface area (Å²) in [6.07, 6.45) is 8.80. The zero-order valence-corrected chi connectivity index (χ0v) is 17.8. The fourth-order valence-electron chi connectivity index (χ4n) is 3.55. The summed E-state index contributed by atoms with van der Waals surface area (Å²) in [6.45, 7) is 7.82. The fourth-order valence-corrected chi connectivity index (χ4v) is 3.55. The van der Waals surface area contributed by atoms with E-state index in [1.807, 2.05) is 30.9 Å². The number of allylic oxidation sites excluding steroid dienone is 1. The predicted octanol–water partition coefficient (Wildman–Crippen LogP) is 4.14. The van der Waals surface area contributed by atoms with E-state index in [0.717, 1.165) is 44.5 Å². The Morgan fingerprint density at radius 2 is 1.76 bits per heavy atom. The zero-order chi connectivity index (χ0) is 21.3. The zero-order valence-electron chi connectivity index (χ0n) is 17.8. The lowest BCUT2D eigenvalue weighted by Crippen LogP contribution is -2.50. The maximum Gasteiger partial charge on any atom is 0.343 e. The molecule has 1 aromatic carbocycles. The molecule has 1 aliphatic carbocycles. The van der Waals surface area contributed by atoms with Crippen LogP contribution in [-0.2, 0) is 9.53 Å². The fraction of sp³-hybridized carbons (Fsp3) is 0.500. The van der Waals surface area contributed by atoms with Crippen molar-refractivity contribution in [2.24, 2.45) is 5.92 Å². The molecule has 0 bridgehead atoms. The summed E-state index contributed by atoms with van der Waals surface area (Å²) in [6, 6.07) is 8.74. The number of nitrogens with zero attached hydrogens (tertiary/aromatic N) is 1. The summed E-state index contributed by atoms with van der Waals surface area (Å²) in [7, 11) is 0. The van der Waals surface area contributed by atoms with E-state index in [1.165, 1.54) is 6.08 Å². The number of Topliss-reactive ketones (excluding diaryl/α,β-unsaturated/α-hetero) is 1. The average Bonchev–Trinajstić information content (AvgIpc) is 2.74. The van der Waals surface area contributed by atoms with Crippen LogP contribution in [0.4, 0.5) is 0 Å². The van der Waals surface area contributed by atoms with Gasteiger partial charge in [-0.1, -0.05) is 62.6 Å². The average molecular weight is 400 g/mol. The van der Waals surface area contributed by atoms with Gasteiger partial charge in [-0.05, 0) is 32.4 Å². The summed E-state index contributed by atoms with van der Waals surface area (Å²) in [5, 5.41) is 11.4. The van der Waals surface area contributed by atoms with Crippen molar-refractivity contribution in [1.29, 1.82) is 0 Å². The largest absolute Gasteiger partial charge is 0.463 e. The van der Waals surface area contributed by atoms with Crippen LogP contribution in [0, 0.1) is 5.92 Å². The number of ketones is 1. The minimum absolute atomic E-state index is 0.242. The number of aliphatic hydroxyl groups is 1. The highest BCUT2D eigenvalue weighted by Gasteiger charge is 2.48. The summed E-state index contributed by atoms with van der Waals surface area (Å²) in [5.41, 5.74) is -0.849. The first-order valence-corrected chi connectivity index (χ1v) is 10.6. The van der Waals surface area contributed by atoms with Crippen molar-refractivity contribution < 1.29 is 19.4 Å². The van der Waals surface area contributed by atoms with Crippen molar-refractivity contribution >= 4 is 11.8 Å². The van der Waals surface area contributed by atoms with Gasteiger partial charge in [0.15, 0.2) is 11.4 Å². The van der Waals surface area contributed by atoms with Crippen molar-refractivity contribution in [3.63, 3.8) is 0 Å². The highest BCUT2D eigenvalue weighted by Crippen LogP contribution is 2.33. The molecule has 2 rings (SSSR count). The summed E-state index contributed by atoms with van der Waals surface area (Å²) in [5.74, 6) is -2.09. The van der Waals surface area contributed by atoms with Crippen LogP contribution < -0.4 is 0 Å². The Kier molecular flexibility index (Phi) is 8.65. The Morgan fingerprint density at radius 3 is 2.38 bits per heavy atom. The lowest BCUT2D eigenvalue weighted by Gasteiger charge is -2.35. The molecule has 29 heavy (non-hydrogen) atoms. The first kappa shape index (κ1) is 22.9. The van der Waals surface area contributed by atoms with E-state index in [0.29, 0.717) is 5.56 Å². The second-order valence-corrected chi connectivity index (χ2v) is 7.33. The second-order valence-electron chi connectivity index (χ2n) is 7.33. The van der Waals surface area contributed by atoms with Crippen LogP contribution in [0.15, 0.2) is 54.3 Å². The molecule has 0 spiro atoms. The predicted molar refractivity (Wildman–Crippen MR) is 114 cm³/mol. The van der Waals surface area contributed by atoms with E-state index in [-0.39, 0.29) is 12.4 Å². The molecule has 2 atom stereocenters. The maximum absolute atomic E-state index is 13.1. The van der Waals surface area contributed by atoms with E-state index in [4.69, 9.17) is 4.74 Å². The number of hydrogen-bond acceptors (Lipinski definition) is 5. The second kappa shape index (κ2) is 11.0. The van der Waals surface area contributed by atoms with Crippen LogP contribution in [0.3, 0.4) is 0 Å². The number of carbonyl (C=O) groups excluding carboxylic acids is 2. The minimum Gasteiger partial charge on any atom is -0.463 e. The van der Waals surface area contributed by atoms with Gasteiger partial charge in [0.25, 0.3) is 0 Å². The lowest BCUT2D eigenvalue weighted by atomic mass is 9.78. The van der Waals surface area contributed by atoms with E-state index < -0.39 is 17.5 Å².